The molecule has 6 heteroatoms. The molecule has 0 saturated heterocycles. The third-order valence-electron chi connectivity index (χ3n) is 4.20. The summed E-state index contributed by atoms with van der Waals surface area (Å²) in [5, 5.41) is 2.78. The van der Waals surface area contributed by atoms with Gasteiger partial charge in [0, 0.05) is 11.1 Å². The summed E-state index contributed by atoms with van der Waals surface area (Å²) >= 11 is 0. The molecule has 4 aromatic rings. The lowest BCUT2D eigenvalue weighted by atomic mass is 10.1. The number of rotatable bonds is 4. The molecule has 0 aliphatic rings. The molecule has 4 rings (SSSR count). The number of H-pyrrole nitrogens is 1. The number of aromatic amines is 1. The zero-order chi connectivity index (χ0) is 18.8. The van der Waals surface area contributed by atoms with E-state index < -0.39 is 11.7 Å². The molecule has 0 bridgehead atoms. The highest BCUT2D eigenvalue weighted by Gasteiger charge is 2.13. The second-order valence-electron chi connectivity index (χ2n) is 5.98. The van der Waals surface area contributed by atoms with Crippen molar-refractivity contribution < 1.29 is 13.9 Å². The number of amides is 1. The average molecular weight is 361 g/mol. The average Bonchev–Trinajstić information content (AvgIpc) is 3.12. The number of carbonyl (C=O) groups is 1. The zero-order valence-corrected chi connectivity index (χ0v) is 14.5. The first-order chi connectivity index (χ1) is 13.1. The van der Waals surface area contributed by atoms with Gasteiger partial charge in [-0.05, 0) is 48.5 Å². The van der Waals surface area contributed by atoms with E-state index in [1.54, 1.807) is 18.2 Å². The van der Waals surface area contributed by atoms with Crippen molar-refractivity contribution in [3.05, 3.63) is 78.1 Å². The van der Waals surface area contributed by atoms with Crippen molar-refractivity contribution in [1.82, 2.24) is 9.97 Å². The summed E-state index contributed by atoms with van der Waals surface area (Å²) in [4.78, 5) is 20.3. The summed E-state index contributed by atoms with van der Waals surface area (Å²) < 4.78 is 18.7. The smallest absolute Gasteiger partial charge is 0.255 e. The fourth-order valence-corrected chi connectivity index (χ4v) is 2.87. The Hall–Kier alpha value is -3.67. The molecule has 1 amide bonds. The largest absolute Gasteiger partial charge is 0.495 e. The number of nitrogens with one attached hydrogen (secondary N) is 2. The fraction of sp³-hybridized carbons (Fsp3) is 0.0476. The molecule has 134 valence electrons. The van der Waals surface area contributed by atoms with Crippen LogP contribution in [0.25, 0.3) is 22.4 Å². The second-order valence-corrected chi connectivity index (χ2v) is 5.98. The number of ether oxygens (including phenoxy) is 1. The van der Waals surface area contributed by atoms with E-state index in [0.29, 0.717) is 17.3 Å². The minimum atomic E-state index is -0.467. The van der Waals surface area contributed by atoms with Gasteiger partial charge in [-0.15, -0.1) is 0 Å². The molecule has 5 nitrogen and oxygen atoms in total. The highest BCUT2D eigenvalue weighted by atomic mass is 19.1. The van der Waals surface area contributed by atoms with E-state index in [1.807, 2.05) is 30.3 Å². The van der Waals surface area contributed by atoms with E-state index in [-0.39, 0.29) is 5.56 Å². The van der Waals surface area contributed by atoms with Gasteiger partial charge >= 0.3 is 0 Å². The van der Waals surface area contributed by atoms with Gasteiger partial charge < -0.3 is 15.0 Å². The standard InChI is InChI=1S/C21H16FN3O2/c1-27-19-10-9-13(20-23-16-7-2-3-8-17(16)24-20)12-18(19)25-21(26)14-5-4-6-15(22)11-14/h2-12H,1H3,(H,23,24)(H,25,26). The predicted molar refractivity (Wildman–Crippen MR) is 102 cm³/mol. The van der Waals surface area contributed by atoms with Crippen LogP contribution in [0, 0.1) is 5.82 Å². The summed E-state index contributed by atoms with van der Waals surface area (Å²) in [6.07, 6.45) is 0. The number of nitrogens with zero attached hydrogens (tertiary/aromatic N) is 1. The van der Waals surface area contributed by atoms with Crippen LogP contribution < -0.4 is 10.1 Å². The minimum Gasteiger partial charge on any atom is -0.495 e. The number of imidazole rings is 1. The Balaban J connectivity index is 1.69. The van der Waals surface area contributed by atoms with E-state index in [4.69, 9.17) is 4.74 Å². The van der Waals surface area contributed by atoms with Gasteiger partial charge in [0.05, 0.1) is 23.8 Å². The van der Waals surface area contributed by atoms with Gasteiger partial charge in [0.15, 0.2) is 0 Å². The molecule has 27 heavy (non-hydrogen) atoms. The van der Waals surface area contributed by atoms with Crippen LogP contribution in [0.4, 0.5) is 10.1 Å². The lowest BCUT2D eigenvalue weighted by Crippen LogP contribution is -2.13. The van der Waals surface area contributed by atoms with Gasteiger partial charge in [0.2, 0.25) is 0 Å². The molecule has 3 aromatic carbocycles. The molecule has 1 heterocycles. The zero-order valence-electron chi connectivity index (χ0n) is 14.5. The van der Waals surface area contributed by atoms with Crippen molar-refractivity contribution >= 4 is 22.6 Å². The Labute approximate surface area is 154 Å². The Kier molecular flexibility index (Phi) is 4.30. The monoisotopic (exact) mass is 361 g/mol. The van der Waals surface area contributed by atoms with E-state index in [2.05, 4.69) is 15.3 Å². The molecule has 2 N–H and O–H groups in total. The lowest BCUT2D eigenvalue weighted by Gasteiger charge is -2.11. The maximum atomic E-state index is 13.4. The molecule has 0 spiro atoms. The van der Waals surface area contributed by atoms with Gasteiger partial charge in [-0.2, -0.15) is 0 Å². The quantitative estimate of drug-likeness (QED) is 0.557. The molecule has 0 aliphatic carbocycles. The highest BCUT2D eigenvalue weighted by molar-refractivity contribution is 6.05. The van der Waals surface area contributed by atoms with Gasteiger partial charge in [-0.3, -0.25) is 4.79 Å². The number of halogens is 1. The maximum absolute atomic E-state index is 13.4. The van der Waals surface area contributed by atoms with Crippen LogP contribution >= 0.6 is 0 Å². The van der Waals surface area contributed by atoms with E-state index in [1.165, 1.54) is 25.3 Å². The Morgan fingerprint density at radius 2 is 1.93 bits per heavy atom. The lowest BCUT2D eigenvalue weighted by molar-refractivity contribution is 0.102. The van der Waals surface area contributed by atoms with Crippen LogP contribution in [0.3, 0.4) is 0 Å². The van der Waals surface area contributed by atoms with Gasteiger partial charge in [-0.1, -0.05) is 18.2 Å². The van der Waals surface area contributed by atoms with E-state index in [9.17, 15) is 9.18 Å². The molecule has 0 atom stereocenters. The topological polar surface area (TPSA) is 67.0 Å². The first-order valence-corrected chi connectivity index (χ1v) is 8.34. The van der Waals surface area contributed by atoms with Gasteiger partial charge in [0.1, 0.15) is 17.4 Å². The van der Waals surface area contributed by atoms with Crippen molar-refractivity contribution in [3.63, 3.8) is 0 Å². The first kappa shape index (κ1) is 16.8. The normalized spacial score (nSPS) is 10.7. The second kappa shape index (κ2) is 6.92. The van der Waals surface area contributed by atoms with Crippen LogP contribution in [0.1, 0.15) is 10.4 Å². The number of fused-ring (bicyclic) bond motifs is 1. The number of carbonyl (C=O) groups excluding carboxylic acids is 1. The Bertz CT molecular complexity index is 1100. The van der Waals surface area contributed by atoms with E-state index in [0.717, 1.165) is 16.6 Å². The number of hydrogen-bond acceptors (Lipinski definition) is 3. The number of aromatic nitrogens is 2. The van der Waals surface area contributed by atoms with Crippen molar-refractivity contribution in [2.75, 3.05) is 12.4 Å². The van der Waals surface area contributed by atoms with Gasteiger partial charge in [0.25, 0.3) is 5.91 Å². The highest BCUT2D eigenvalue weighted by Crippen LogP contribution is 2.30. The molecule has 1 aromatic heterocycles. The van der Waals surface area contributed by atoms with Crippen molar-refractivity contribution in [3.8, 4) is 17.1 Å². The molecule has 0 unspecified atom stereocenters. The number of hydrogen-bond donors (Lipinski definition) is 2. The van der Waals surface area contributed by atoms with E-state index >= 15 is 0 Å². The Morgan fingerprint density at radius 3 is 2.70 bits per heavy atom. The van der Waals surface area contributed by atoms with Crippen LogP contribution in [0.15, 0.2) is 66.7 Å². The van der Waals surface area contributed by atoms with Crippen molar-refractivity contribution in [2.24, 2.45) is 0 Å². The Morgan fingerprint density at radius 1 is 1.07 bits per heavy atom. The molecule has 0 aliphatic heterocycles. The van der Waals surface area contributed by atoms with Gasteiger partial charge in [-0.25, -0.2) is 9.37 Å². The third kappa shape index (κ3) is 3.37. The van der Waals surface area contributed by atoms with Crippen LogP contribution in [-0.2, 0) is 0 Å². The number of benzene rings is 3. The predicted octanol–water partition coefficient (Wildman–Crippen LogP) is 4.63. The SMILES string of the molecule is COc1ccc(-c2nc3ccccc3[nH]2)cc1NC(=O)c1cccc(F)c1. The molecular formula is C21H16FN3O2. The summed E-state index contributed by atoms with van der Waals surface area (Å²) in [7, 11) is 1.52. The number of para-hydroxylation sites is 2. The summed E-state index contributed by atoms with van der Waals surface area (Å²) in [6, 6.07) is 18.6. The molecular weight excluding hydrogens is 345 g/mol. The molecule has 0 fully saturated rings. The third-order valence-corrected chi connectivity index (χ3v) is 4.20. The minimum absolute atomic E-state index is 0.228. The number of methoxy groups -OCH3 is 1. The van der Waals surface area contributed by atoms with Crippen LogP contribution in [0.2, 0.25) is 0 Å². The van der Waals surface area contributed by atoms with Crippen LogP contribution in [0.5, 0.6) is 5.75 Å². The number of anilines is 1. The summed E-state index contributed by atoms with van der Waals surface area (Å²) in [6.45, 7) is 0. The first-order valence-electron chi connectivity index (χ1n) is 8.34. The van der Waals surface area contributed by atoms with Crippen molar-refractivity contribution in [1.29, 1.82) is 0 Å². The summed E-state index contributed by atoms with van der Waals surface area (Å²) in [5.74, 6) is 0.292. The molecule has 0 radical (unpaired) electrons. The molecule has 0 saturated carbocycles. The summed E-state index contributed by atoms with van der Waals surface area (Å²) in [5.41, 5.74) is 3.28. The van der Waals surface area contributed by atoms with Crippen molar-refractivity contribution in [2.45, 2.75) is 0 Å². The maximum Gasteiger partial charge on any atom is 0.255 e. The fourth-order valence-electron chi connectivity index (χ4n) is 2.87. The van der Waals surface area contributed by atoms with Crippen LogP contribution in [-0.4, -0.2) is 23.0 Å².